The predicted octanol–water partition coefficient (Wildman–Crippen LogP) is 3.05. The molecule has 0 radical (unpaired) electrons. The molecule has 0 saturated heterocycles. The Morgan fingerprint density at radius 3 is 2.86 bits per heavy atom. The van der Waals surface area contributed by atoms with Gasteiger partial charge in [-0.15, -0.1) is 0 Å². The minimum absolute atomic E-state index is 0.0222. The highest BCUT2D eigenvalue weighted by Gasteiger charge is 2.48. The summed E-state index contributed by atoms with van der Waals surface area (Å²) in [5.74, 6) is 0.125. The Hall–Kier alpha value is -1.03. The molecule has 0 bridgehead atoms. The van der Waals surface area contributed by atoms with Crippen molar-refractivity contribution in [2.75, 3.05) is 19.0 Å². The van der Waals surface area contributed by atoms with Crippen molar-refractivity contribution >= 4 is 75.1 Å². The van der Waals surface area contributed by atoms with Crippen molar-refractivity contribution in [1.82, 2.24) is 0 Å². The minimum atomic E-state index is -0.509. The summed E-state index contributed by atoms with van der Waals surface area (Å²) in [5, 5.41) is 16.2. The summed E-state index contributed by atoms with van der Waals surface area (Å²) in [4.78, 5) is 21.5. The van der Waals surface area contributed by atoms with E-state index in [9.17, 15) is 9.90 Å². The van der Waals surface area contributed by atoms with E-state index in [1.54, 1.807) is 7.11 Å². The predicted molar refractivity (Wildman–Crippen MR) is 118 cm³/mol. The summed E-state index contributed by atoms with van der Waals surface area (Å²) in [6.07, 6.45) is 3.62. The summed E-state index contributed by atoms with van der Waals surface area (Å²) in [5.41, 5.74) is 2.62. The highest BCUT2D eigenvalue weighted by atomic mass is 79.9. The minimum Gasteiger partial charge on any atom is -0.504 e. The molecule has 4 aliphatic rings. The second-order valence-corrected chi connectivity index (χ2v) is 10.2. The van der Waals surface area contributed by atoms with E-state index in [0.717, 1.165) is 32.8 Å². The van der Waals surface area contributed by atoms with E-state index >= 15 is 0 Å². The second kappa shape index (κ2) is 6.48. The number of fused-ring (bicyclic) bond motifs is 3. The summed E-state index contributed by atoms with van der Waals surface area (Å²) in [6.45, 7) is 0.662. The van der Waals surface area contributed by atoms with Gasteiger partial charge in [-0.2, -0.15) is 0 Å². The number of carbonyl (C=O) groups is 1. The van der Waals surface area contributed by atoms with Crippen molar-refractivity contribution in [2.45, 2.75) is 35.7 Å². The van der Waals surface area contributed by atoms with E-state index in [0.29, 0.717) is 35.2 Å². The smallest absolute Gasteiger partial charge is 0.183 e. The number of phenols is 1. The maximum absolute atomic E-state index is 12.4. The van der Waals surface area contributed by atoms with Crippen molar-refractivity contribution in [3.05, 3.63) is 26.7 Å². The zero-order valence-electron chi connectivity index (χ0n) is 14.9. The Labute approximate surface area is 186 Å². The number of allylic oxidation sites excluding steroid dienone is 2. The van der Waals surface area contributed by atoms with Crippen LogP contribution < -0.4 is 15.9 Å². The van der Waals surface area contributed by atoms with E-state index < -0.39 is 5.41 Å². The van der Waals surface area contributed by atoms with Gasteiger partial charge in [-0.1, -0.05) is 22.0 Å². The van der Waals surface area contributed by atoms with Crippen molar-refractivity contribution < 1.29 is 14.6 Å². The van der Waals surface area contributed by atoms with Crippen LogP contribution in [-0.2, 0) is 14.9 Å². The number of benzene rings is 1. The van der Waals surface area contributed by atoms with Crippen LogP contribution in [0.4, 0.5) is 11.4 Å². The molecule has 0 aromatic heterocycles. The number of carbonyl (C=O) groups excluding carboxylic acids is 1. The van der Waals surface area contributed by atoms with E-state index in [1.165, 1.54) is 0 Å². The molecule has 5 rings (SSSR count). The highest BCUT2D eigenvalue weighted by Crippen LogP contribution is 2.51. The number of phenolic OH excluding ortho intramolecular Hbond substituents is 1. The number of ketones is 1. The van der Waals surface area contributed by atoms with Crippen molar-refractivity contribution in [1.29, 1.82) is 0 Å². The normalized spacial score (nSPS) is 30.3. The van der Waals surface area contributed by atoms with Crippen molar-refractivity contribution in [3.8, 4) is 5.75 Å². The zero-order chi connectivity index (χ0) is 19.8. The Morgan fingerprint density at radius 1 is 1.36 bits per heavy atom. The van der Waals surface area contributed by atoms with E-state index in [4.69, 9.17) is 9.73 Å². The molecule has 3 atom stereocenters. The van der Waals surface area contributed by atoms with Gasteiger partial charge in [0.25, 0.3) is 0 Å². The van der Waals surface area contributed by atoms with Gasteiger partial charge in [-0.25, -0.2) is 4.99 Å². The van der Waals surface area contributed by atoms with Crippen LogP contribution in [0.5, 0.6) is 5.75 Å². The lowest BCUT2D eigenvalue weighted by Gasteiger charge is -2.44. The lowest BCUT2D eigenvalue weighted by molar-refractivity contribution is -0.115. The van der Waals surface area contributed by atoms with E-state index in [1.807, 2.05) is 6.08 Å². The third-order valence-electron chi connectivity index (χ3n) is 5.92. The lowest BCUT2D eigenvalue weighted by Crippen LogP contribution is -2.50. The first-order valence-corrected chi connectivity index (χ1v) is 11.4. The summed E-state index contributed by atoms with van der Waals surface area (Å²) in [7, 11) is 1.63. The van der Waals surface area contributed by atoms with Gasteiger partial charge in [0, 0.05) is 36.3 Å². The molecule has 0 amide bonds. The number of halogens is 3. The van der Waals surface area contributed by atoms with Gasteiger partial charge in [0.2, 0.25) is 0 Å². The molecule has 3 unspecified atom stereocenters. The molecule has 28 heavy (non-hydrogen) atoms. The van der Waals surface area contributed by atoms with Gasteiger partial charge < -0.3 is 15.2 Å². The van der Waals surface area contributed by atoms with E-state index in [-0.39, 0.29) is 22.6 Å². The Balaban J connectivity index is 1.91. The van der Waals surface area contributed by atoms with Gasteiger partial charge in [-0.3, -0.25) is 9.79 Å². The first kappa shape index (κ1) is 19.0. The Bertz CT molecular complexity index is 1130. The lowest BCUT2D eigenvalue weighted by atomic mass is 9.67. The number of Topliss-reactive ketones (excluding diaryl/α,β-unsaturated/α-hetero) is 1. The maximum atomic E-state index is 12.4. The Kier molecular flexibility index (Phi) is 4.39. The number of aliphatic imine (C=N–C) groups is 1. The first-order chi connectivity index (χ1) is 13.4. The standard InChI is InChI=1S/C19H16Br3N3O3/c1-28-10-6-19(4-8(20)16(26)9(21)5-19)12-13-11-7(2-3-23-13)18(22)25-14(11)17(27)15(12)24-10/h4,9-10,24,27H,2-3,5-6H2,1H3. The quantitative estimate of drug-likeness (QED) is 0.400. The maximum Gasteiger partial charge on any atom is 0.183 e. The van der Waals surface area contributed by atoms with Crippen LogP contribution in [0.15, 0.2) is 20.5 Å². The average molecular weight is 574 g/mol. The number of aromatic hydroxyl groups is 1. The van der Waals surface area contributed by atoms with Crippen LogP contribution in [0.2, 0.25) is 0 Å². The van der Waals surface area contributed by atoms with Crippen LogP contribution in [0.25, 0.3) is 5.57 Å². The van der Waals surface area contributed by atoms with Gasteiger partial charge in [0.05, 0.1) is 20.4 Å². The molecular weight excluding hydrogens is 558 g/mol. The number of hydrogen-bond donors (Lipinski definition) is 2. The van der Waals surface area contributed by atoms with Crippen LogP contribution >= 0.6 is 47.8 Å². The molecule has 3 heterocycles. The number of ether oxygens (including phenoxy) is 1. The van der Waals surface area contributed by atoms with Gasteiger partial charge in [0.15, 0.2) is 11.5 Å². The second-order valence-electron chi connectivity index (χ2n) is 7.44. The largest absolute Gasteiger partial charge is 0.504 e. The Morgan fingerprint density at radius 2 is 2.14 bits per heavy atom. The van der Waals surface area contributed by atoms with Gasteiger partial charge in [0.1, 0.15) is 16.5 Å². The van der Waals surface area contributed by atoms with Crippen molar-refractivity contribution in [2.24, 2.45) is 9.98 Å². The van der Waals surface area contributed by atoms with Gasteiger partial charge >= 0.3 is 0 Å². The third kappa shape index (κ3) is 2.49. The molecule has 6 nitrogen and oxygen atoms in total. The summed E-state index contributed by atoms with van der Waals surface area (Å²) >= 11 is 10.5. The highest BCUT2D eigenvalue weighted by molar-refractivity contribution is 9.18. The van der Waals surface area contributed by atoms with Crippen LogP contribution in [0.1, 0.15) is 24.8 Å². The molecule has 3 aliphatic heterocycles. The number of methoxy groups -OCH3 is 1. The van der Waals surface area contributed by atoms with Crippen LogP contribution in [0.3, 0.4) is 0 Å². The number of nitrogens with zero attached hydrogens (tertiary/aromatic N) is 2. The average Bonchev–Trinajstić information content (AvgIpc) is 3.01. The van der Waals surface area contributed by atoms with Crippen molar-refractivity contribution in [3.63, 3.8) is 0 Å². The van der Waals surface area contributed by atoms with Crippen LogP contribution in [0, 0.1) is 0 Å². The fourth-order valence-electron chi connectivity index (χ4n) is 4.70. The summed E-state index contributed by atoms with van der Waals surface area (Å²) < 4.78 is 6.92. The SMILES string of the molecule is COC1CC2(C=C(Br)C(=O)C(Br)C2)c2c(c(O)c3c4c2=NCCC=4C(Br)=N3)N1. The van der Waals surface area contributed by atoms with Gasteiger partial charge in [-0.05, 0) is 50.3 Å². The molecule has 2 N–H and O–H groups in total. The molecule has 1 spiro atoms. The monoisotopic (exact) mass is 571 g/mol. The molecule has 1 aromatic carbocycles. The zero-order valence-corrected chi connectivity index (χ0v) is 19.6. The number of alkyl halides is 1. The molecule has 146 valence electrons. The molecule has 0 fully saturated rings. The molecule has 0 saturated carbocycles. The number of nitrogens with one attached hydrogen (secondary N) is 1. The molecule has 9 heteroatoms. The van der Waals surface area contributed by atoms with Crippen LogP contribution in [-0.4, -0.2) is 40.2 Å². The molecule has 1 aliphatic carbocycles. The summed E-state index contributed by atoms with van der Waals surface area (Å²) in [6, 6.07) is 0. The number of rotatable bonds is 1. The fraction of sp³-hybridized carbons (Fsp3) is 0.421. The number of anilines is 1. The molecule has 1 aromatic rings. The molecular formula is C19H16Br3N3O3. The fourth-order valence-corrected chi connectivity index (χ4v) is 7.12. The topological polar surface area (TPSA) is 83.3 Å². The third-order valence-corrected chi connectivity index (χ3v) is 7.93. The number of hydrogen-bond acceptors (Lipinski definition) is 6. The van der Waals surface area contributed by atoms with E-state index in [2.05, 4.69) is 58.1 Å². The first-order valence-electron chi connectivity index (χ1n) is 8.94.